The Labute approximate surface area is 166 Å². The van der Waals surface area contributed by atoms with Crippen LogP contribution in [-0.2, 0) is 17.8 Å². The molecule has 0 bridgehead atoms. The van der Waals surface area contributed by atoms with Crippen LogP contribution in [0.15, 0.2) is 65.6 Å². The number of aromatic nitrogens is 2. The van der Waals surface area contributed by atoms with Crippen molar-refractivity contribution < 1.29 is 9.53 Å². The van der Waals surface area contributed by atoms with Crippen molar-refractivity contribution in [3.8, 4) is 0 Å². The van der Waals surface area contributed by atoms with E-state index in [-0.39, 0.29) is 10.6 Å². The minimum Gasteiger partial charge on any atom is -0.453 e. The van der Waals surface area contributed by atoms with Crippen molar-refractivity contribution in [3.05, 3.63) is 87.3 Å². The maximum Gasteiger partial charge on any atom is 0.411 e. The molecule has 2 aromatic carbocycles. The van der Waals surface area contributed by atoms with E-state index in [0.29, 0.717) is 24.5 Å². The predicted octanol–water partition coefficient (Wildman–Crippen LogP) is 3.74. The molecule has 0 aliphatic heterocycles. The topological polar surface area (TPSA) is 85.2 Å². The average molecular weight is 399 g/mol. The summed E-state index contributed by atoms with van der Waals surface area (Å²) in [4.78, 5) is 23.6. The lowest BCUT2D eigenvalue weighted by Crippen LogP contribution is -2.24. The van der Waals surface area contributed by atoms with Crippen molar-refractivity contribution in [3.63, 3.8) is 0 Å². The monoisotopic (exact) mass is 398 g/mol. The first-order valence-electron chi connectivity index (χ1n) is 8.54. The number of rotatable bonds is 6. The number of hydrogen-bond donors (Lipinski definition) is 2. The summed E-state index contributed by atoms with van der Waals surface area (Å²) < 4.78 is 5.88. The van der Waals surface area contributed by atoms with Crippen LogP contribution < -0.4 is 16.2 Å². The van der Waals surface area contributed by atoms with Crippen LogP contribution in [0.2, 0.25) is 5.02 Å². The van der Waals surface area contributed by atoms with Crippen LogP contribution in [0, 0.1) is 0 Å². The van der Waals surface area contributed by atoms with Gasteiger partial charge in [-0.05, 0) is 23.3 Å². The van der Waals surface area contributed by atoms with Gasteiger partial charge in [0.15, 0.2) is 0 Å². The minimum absolute atomic E-state index is 0.0925. The van der Waals surface area contributed by atoms with E-state index in [1.807, 2.05) is 42.5 Å². The first kappa shape index (κ1) is 19.4. The molecule has 0 unspecified atom stereocenters. The quantitative estimate of drug-likeness (QED) is 0.660. The van der Waals surface area contributed by atoms with E-state index in [1.165, 1.54) is 11.8 Å². The number of amides is 1. The van der Waals surface area contributed by atoms with E-state index in [9.17, 15) is 9.59 Å². The van der Waals surface area contributed by atoms with E-state index in [0.717, 1.165) is 11.1 Å². The zero-order chi connectivity index (χ0) is 19.9. The van der Waals surface area contributed by atoms with Crippen LogP contribution in [0.5, 0.6) is 0 Å². The highest BCUT2D eigenvalue weighted by Crippen LogP contribution is 2.17. The Bertz CT molecular complexity index is 1000. The summed E-state index contributed by atoms with van der Waals surface area (Å²) in [5.41, 5.74) is 2.65. The van der Waals surface area contributed by atoms with Crippen molar-refractivity contribution in [2.24, 2.45) is 0 Å². The van der Waals surface area contributed by atoms with Gasteiger partial charge in [-0.25, -0.2) is 9.48 Å². The molecule has 1 heterocycles. The number of hydrogen-bond acceptors (Lipinski definition) is 5. The average Bonchev–Trinajstić information content (AvgIpc) is 2.72. The highest BCUT2D eigenvalue weighted by atomic mass is 35.5. The van der Waals surface area contributed by atoms with E-state index >= 15 is 0 Å². The lowest BCUT2D eigenvalue weighted by atomic mass is 10.2. The van der Waals surface area contributed by atoms with Gasteiger partial charge in [-0.2, -0.15) is 5.10 Å². The molecule has 0 fully saturated rings. The van der Waals surface area contributed by atoms with Gasteiger partial charge in [0.25, 0.3) is 5.56 Å². The highest BCUT2D eigenvalue weighted by molar-refractivity contribution is 6.32. The summed E-state index contributed by atoms with van der Waals surface area (Å²) >= 11 is 6.23. The van der Waals surface area contributed by atoms with Crippen LogP contribution in [0.1, 0.15) is 11.1 Å². The number of nitrogens with one attached hydrogen (secondary N) is 2. The van der Waals surface area contributed by atoms with Crippen LogP contribution in [0.3, 0.4) is 0 Å². The molecule has 1 aromatic heterocycles. The third-order valence-corrected chi connectivity index (χ3v) is 4.39. The minimum atomic E-state index is -0.528. The molecule has 3 aromatic rings. The molecule has 3 rings (SSSR count). The molecule has 0 aliphatic carbocycles. The Morgan fingerprint density at radius 3 is 2.50 bits per heavy atom. The summed E-state index contributed by atoms with van der Waals surface area (Å²) in [6.07, 6.45) is 1.01. The number of anilines is 2. The Kier molecular flexibility index (Phi) is 6.29. The summed E-state index contributed by atoms with van der Waals surface area (Å²) in [5.74, 6) is 0. The molecule has 7 nitrogen and oxygen atoms in total. The fourth-order valence-electron chi connectivity index (χ4n) is 2.53. The van der Waals surface area contributed by atoms with Crippen molar-refractivity contribution in [1.82, 2.24) is 9.78 Å². The molecular weight excluding hydrogens is 380 g/mol. The lowest BCUT2D eigenvalue weighted by molar-refractivity contribution is 0.187. The first-order chi connectivity index (χ1) is 13.6. The number of carbonyl (C=O) groups excluding carboxylic acids is 1. The Morgan fingerprint density at radius 1 is 1.11 bits per heavy atom. The number of carbonyl (C=O) groups is 1. The Morgan fingerprint density at radius 2 is 1.82 bits per heavy atom. The molecule has 144 valence electrons. The summed E-state index contributed by atoms with van der Waals surface area (Å²) in [6, 6.07) is 16.8. The van der Waals surface area contributed by atoms with Gasteiger partial charge >= 0.3 is 6.09 Å². The van der Waals surface area contributed by atoms with Crippen molar-refractivity contribution in [2.75, 3.05) is 17.7 Å². The number of nitrogens with zero attached hydrogens (tertiary/aromatic N) is 2. The highest BCUT2D eigenvalue weighted by Gasteiger charge is 2.10. The standard InChI is InChI=1S/C20H19ClN4O3/c1-28-20(27)24-16-9-7-14(8-10-16)11-22-17-12-23-25(19(26)18(17)21)13-15-5-3-2-4-6-15/h2-10,12,22H,11,13H2,1H3,(H,24,27). The van der Waals surface area contributed by atoms with Gasteiger partial charge in [0.2, 0.25) is 0 Å². The second-order valence-electron chi connectivity index (χ2n) is 5.99. The van der Waals surface area contributed by atoms with Crippen molar-refractivity contribution in [1.29, 1.82) is 0 Å². The molecule has 1 amide bonds. The molecule has 8 heteroatoms. The molecule has 0 aliphatic rings. The molecule has 0 saturated heterocycles. The Balaban J connectivity index is 1.65. The van der Waals surface area contributed by atoms with Gasteiger partial charge in [0.1, 0.15) is 5.02 Å². The molecule has 0 radical (unpaired) electrons. The second kappa shape index (κ2) is 9.05. The number of benzene rings is 2. The predicted molar refractivity (Wildman–Crippen MR) is 109 cm³/mol. The number of halogens is 1. The van der Waals surface area contributed by atoms with Crippen LogP contribution in [-0.4, -0.2) is 23.0 Å². The first-order valence-corrected chi connectivity index (χ1v) is 8.92. The molecule has 0 spiro atoms. The number of ether oxygens (including phenoxy) is 1. The van der Waals surface area contributed by atoms with Gasteiger partial charge in [0.05, 0.1) is 25.5 Å². The smallest absolute Gasteiger partial charge is 0.411 e. The summed E-state index contributed by atoms with van der Waals surface area (Å²) in [6.45, 7) is 0.802. The number of methoxy groups -OCH3 is 1. The van der Waals surface area contributed by atoms with Gasteiger partial charge in [0, 0.05) is 12.2 Å². The van der Waals surface area contributed by atoms with Crippen LogP contribution >= 0.6 is 11.6 Å². The fourth-order valence-corrected chi connectivity index (χ4v) is 2.74. The van der Waals surface area contributed by atoms with Gasteiger partial charge in [-0.3, -0.25) is 10.1 Å². The third-order valence-electron chi connectivity index (χ3n) is 4.03. The zero-order valence-corrected chi connectivity index (χ0v) is 15.9. The third kappa shape index (κ3) is 4.89. The van der Waals surface area contributed by atoms with E-state index in [2.05, 4.69) is 20.5 Å². The molecule has 0 saturated carbocycles. The Hall–Kier alpha value is -3.32. The molecule has 28 heavy (non-hydrogen) atoms. The lowest BCUT2D eigenvalue weighted by Gasteiger charge is -2.11. The van der Waals surface area contributed by atoms with E-state index in [1.54, 1.807) is 18.3 Å². The van der Waals surface area contributed by atoms with Crippen molar-refractivity contribution in [2.45, 2.75) is 13.1 Å². The van der Waals surface area contributed by atoms with Gasteiger partial charge < -0.3 is 10.1 Å². The molecule has 0 atom stereocenters. The molecule has 2 N–H and O–H groups in total. The van der Waals surface area contributed by atoms with Gasteiger partial charge in [-0.15, -0.1) is 0 Å². The summed E-state index contributed by atoms with van der Waals surface area (Å²) in [5, 5.41) is 9.98. The fraction of sp³-hybridized carbons (Fsp3) is 0.150. The van der Waals surface area contributed by atoms with E-state index < -0.39 is 6.09 Å². The summed E-state index contributed by atoms with van der Waals surface area (Å²) in [7, 11) is 1.30. The largest absolute Gasteiger partial charge is 0.453 e. The normalized spacial score (nSPS) is 10.4. The van der Waals surface area contributed by atoms with Gasteiger partial charge in [-0.1, -0.05) is 54.1 Å². The van der Waals surface area contributed by atoms with E-state index in [4.69, 9.17) is 11.6 Å². The maximum atomic E-state index is 12.5. The zero-order valence-electron chi connectivity index (χ0n) is 15.2. The second-order valence-corrected chi connectivity index (χ2v) is 6.37. The van der Waals surface area contributed by atoms with Crippen molar-refractivity contribution >= 4 is 29.1 Å². The maximum absolute atomic E-state index is 12.5. The SMILES string of the molecule is COC(=O)Nc1ccc(CNc2cnn(Cc3ccccc3)c(=O)c2Cl)cc1. The molecular formula is C20H19ClN4O3. The van der Waals surface area contributed by atoms with Crippen LogP contribution in [0.4, 0.5) is 16.2 Å². The van der Waals surface area contributed by atoms with Crippen LogP contribution in [0.25, 0.3) is 0 Å².